The van der Waals surface area contributed by atoms with Crippen LogP contribution in [-0.4, -0.2) is 22.9 Å². The topological polar surface area (TPSA) is 98.5 Å². The molecule has 0 saturated carbocycles. The number of nitro benzene ring substituents is 1. The first-order chi connectivity index (χ1) is 12.3. The van der Waals surface area contributed by atoms with E-state index in [4.69, 9.17) is 4.74 Å². The molecule has 1 N–H and O–H groups in total. The first-order valence-electron chi connectivity index (χ1n) is 7.79. The van der Waals surface area contributed by atoms with E-state index in [0.717, 1.165) is 0 Å². The van der Waals surface area contributed by atoms with Gasteiger partial charge in [-0.1, -0.05) is 12.1 Å². The summed E-state index contributed by atoms with van der Waals surface area (Å²) in [5.41, 5.74) is 0.649. The predicted octanol–water partition coefficient (Wildman–Crippen LogP) is 3.16. The highest BCUT2D eigenvalue weighted by Crippen LogP contribution is 2.15. The highest BCUT2D eigenvalue weighted by atomic mass is 19.1. The van der Waals surface area contributed by atoms with E-state index in [1.54, 1.807) is 19.1 Å². The van der Waals surface area contributed by atoms with Crippen LogP contribution < -0.4 is 5.32 Å². The summed E-state index contributed by atoms with van der Waals surface area (Å²) in [6.07, 6.45) is -1.07. The first kappa shape index (κ1) is 19.0. The number of esters is 1. The molecule has 2 aromatic rings. The molecule has 7 nitrogen and oxygen atoms in total. The molecule has 2 aromatic carbocycles. The van der Waals surface area contributed by atoms with E-state index in [0.29, 0.717) is 5.56 Å². The number of amides is 1. The molecule has 0 spiro atoms. The highest BCUT2D eigenvalue weighted by Gasteiger charge is 2.21. The smallest absolute Gasteiger partial charge is 0.338 e. The number of carbonyl (C=O) groups excluding carboxylic acids is 2. The van der Waals surface area contributed by atoms with Crippen molar-refractivity contribution in [3.8, 4) is 0 Å². The van der Waals surface area contributed by atoms with Gasteiger partial charge in [0.25, 0.3) is 11.6 Å². The van der Waals surface area contributed by atoms with Crippen LogP contribution >= 0.6 is 0 Å². The molecular weight excluding hydrogens is 343 g/mol. The van der Waals surface area contributed by atoms with Crippen LogP contribution in [0.2, 0.25) is 0 Å². The molecule has 0 aliphatic carbocycles. The highest BCUT2D eigenvalue weighted by molar-refractivity contribution is 5.92. The molecule has 0 fully saturated rings. The Bertz CT molecular complexity index is 805. The van der Waals surface area contributed by atoms with Gasteiger partial charge in [-0.2, -0.15) is 0 Å². The van der Waals surface area contributed by atoms with E-state index in [9.17, 15) is 24.1 Å². The van der Waals surface area contributed by atoms with E-state index >= 15 is 0 Å². The molecule has 0 aromatic heterocycles. The van der Waals surface area contributed by atoms with Gasteiger partial charge in [-0.3, -0.25) is 14.9 Å². The van der Waals surface area contributed by atoms with Crippen LogP contribution in [-0.2, 0) is 9.53 Å². The maximum Gasteiger partial charge on any atom is 0.338 e. The third-order valence-corrected chi connectivity index (χ3v) is 3.70. The fourth-order valence-corrected chi connectivity index (χ4v) is 2.17. The Morgan fingerprint density at radius 1 is 1.08 bits per heavy atom. The number of nitrogens with one attached hydrogen (secondary N) is 1. The lowest BCUT2D eigenvalue weighted by Crippen LogP contribution is -2.37. The summed E-state index contributed by atoms with van der Waals surface area (Å²) in [4.78, 5) is 34.2. The first-order valence-corrected chi connectivity index (χ1v) is 7.79. The molecule has 2 atom stereocenters. The Morgan fingerprint density at radius 3 is 2.19 bits per heavy atom. The lowest BCUT2D eigenvalue weighted by atomic mass is 10.1. The van der Waals surface area contributed by atoms with Crippen molar-refractivity contribution in [1.82, 2.24) is 5.32 Å². The molecule has 26 heavy (non-hydrogen) atoms. The maximum atomic E-state index is 12.9. The van der Waals surface area contributed by atoms with Crippen LogP contribution in [0.5, 0.6) is 0 Å². The van der Waals surface area contributed by atoms with Gasteiger partial charge in [0.2, 0.25) is 0 Å². The van der Waals surface area contributed by atoms with Crippen LogP contribution in [0.3, 0.4) is 0 Å². The van der Waals surface area contributed by atoms with Crippen molar-refractivity contribution in [1.29, 1.82) is 0 Å². The minimum atomic E-state index is -1.07. The molecule has 0 bridgehead atoms. The van der Waals surface area contributed by atoms with Gasteiger partial charge >= 0.3 is 5.97 Å². The summed E-state index contributed by atoms with van der Waals surface area (Å²) < 4.78 is 18.0. The lowest BCUT2D eigenvalue weighted by molar-refractivity contribution is -0.384. The Balaban J connectivity index is 1.94. The van der Waals surface area contributed by atoms with E-state index in [-0.39, 0.29) is 17.1 Å². The van der Waals surface area contributed by atoms with Gasteiger partial charge in [0, 0.05) is 12.1 Å². The number of carbonyl (C=O) groups is 2. The number of nitrogens with zero attached hydrogens (tertiary/aromatic N) is 1. The number of hydrogen-bond acceptors (Lipinski definition) is 5. The zero-order valence-corrected chi connectivity index (χ0v) is 14.1. The molecule has 0 radical (unpaired) electrons. The van der Waals surface area contributed by atoms with Gasteiger partial charge in [-0.05, 0) is 43.7 Å². The van der Waals surface area contributed by atoms with Crippen LogP contribution in [0.25, 0.3) is 0 Å². The van der Waals surface area contributed by atoms with Gasteiger partial charge in [-0.15, -0.1) is 0 Å². The predicted molar refractivity (Wildman–Crippen MR) is 90.9 cm³/mol. The van der Waals surface area contributed by atoms with Crippen LogP contribution in [0, 0.1) is 15.9 Å². The summed E-state index contributed by atoms with van der Waals surface area (Å²) in [6.45, 7) is 3.13. The van der Waals surface area contributed by atoms with Gasteiger partial charge in [0.1, 0.15) is 5.82 Å². The summed E-state index contributed by atoms with van der Waals surface area (Å²) >= 11 is 0. The average Bonchev–Trinajstić information content (AvgIpc) is 2.62. The monoisotopic (exact) mass is 360 g/mol. The Morgan fingerprint density at radius 2 is 1.65 bits per heavy atom. The molecule has 0 aliphatic heterocycles. The van der Waals surface area contributed by atoms with Gasteiger partial charge in [-0.25, -0.2) is 9.18 Å². The van der Waals surface area contributed by atoms with Gasteiger partial charge < -0.3 is 10.1 Å². The molecular formula is C18H17FN2O5. The SMILES string of the molecule is CC(OC(=O)c1ccc([N+](=O)[O-])cc1)C(=O)NC(C)c1ccc(F)cc1. The Hall–Kier alpha value is -3.29. The maximum absolute atomic E-state index is 12.9. The quantitative estimate of drug-likeness (QED) is 0.485. The average molecular weight is 360 g/mol. The molecule has 8 heteroatoms. The molecule has 1 amide bonds. The van der Waals surface area contributed by atoms with E-state index in [2.05, 4.69) is 5.32 Å². The van der Waals surface area contributed by atoms with Crippen molar-refractivity contribution in [3.63, 3.8) is 0 Å². The van der Waals surface area contributed by atoms with Crippen molar-refractivity contribution in [2.45, 2.75) is 26.0 Å². The van der Waals surface area contributed by atoms with Crippen LogP contribution in [0.1, 0.15) is 35.8 Å². The third kappa shape index (κ3) is 4.85. The summed E-state index contributed by atoms with van der Waals surface area (Å²) in [5.74, 6) is -1.66. The van der Waals surface area contributed by atoms with E-state index < -0.39 is 28.9 Å². The van der Waals surface area contributed by atoms with Crippen molar-refractivity contribution in [3.05, 3.63) is 75.6 Å². The van der Waals surface area contributed by atoms with Crippen LogP contribution in [0.15, 0.2) is 48.5 Å². The van der Waals surface area contributed by atoms with Crippen molar-refractivity contribution in [2.24, 2.45) is 0 Å². The van der Waals surface area contributed by atoms with E-state index in [1.807, 2.05) is 0 Å². The second kappa shape index (κ2) is 8.19. The van der Waals surface area contributed by atoms with E-state index in [1.165, 1.54) is 43.3 Å². The standard InChI is InChI=1S/C18H17FN2O5/c1-11(13-3-7-15(19)8-4-13)20-17(22)12(2)26-18(23)14-5-9-16(10-6-14)21(24)25/h3-12H,1-2H3,(H,20,22). The number of non-ortho nitro benzene ring substituents is 1. The fraction of sp³-hybridized carbons (Fsp3) is 0.222. The van der Waals surface area contributed by atoms with Crippen molar-refractivity contribution >= 4 is 17.6 Å². The third-order valence-electron chi connectivity index (χ3n) is 3.70. The summed E-state index contributed by atoms with van der Waals surface area (Å²) in [6, 6.07) is 10.1. The fourth-order valence-electron chi connectivity index (χ4n) is 2.17. The van der Waals surface area contributed by atoms with Gasteiger partial charge in [0.05, 0.1) is 16.5 Å². The number of nitro groups is 1. The summed E-state index contributed by atoms with van der Waals surface area (Å²) in [7, 11) is 0. The molecule has 136 valence electrons. The molecule has 0 saturated heterocycles. The summed E-state index contributed by atoms with van der Waals surface area (Å²) in [5, 5.41) is 13.3. The molecule has 0 heterocycles. The number of halogens is 1. The number of benzene rings is 2. The zero-order valence-electron chi connectivity index (χ0n) is 14.1. The minimum Gasteiger partial charge on any atom is -0.449 e. The molecule has 2 unspecified atom stereocenters. The Kier molecular flexibility index (Phi) is 6.00. The number of hydrogen-bond donors (Lipinski definition) is 1. The second-order valence-corrected chi connectivity index (χ2v) is 5.63. The Labute approximate surface area is 148 Å². The normalized spacial score (nSPS) is 12.7. The number of ether oxygens (including phenoxy) is 1. The van der Waals surface area contributed by atoms with Crippen LogP contribution in [0.4, 0.5) is 10.1 Å². The molecule has 0 aliphatic rings. The number of rotatable bonds is 6. The van der Waals surface area contributed by atoms with Crippen molar-refractivity contribution < 1.29 is 23.6 Å². The largest absolute Gasteiger partial charge is 0.449 e. The van der Waals surface area contributed by atoms with Gasteiger partial charge in [0.15, 0.2) is 6.10 Å². The lowest BCUT2D eigenvalue weighted by Gasteiger charge is -2.18. The minimum absolute atomic E-state index is 0.0989. The molecule has 2 rings (SSSR count). The zero-order chi connectivity index (χ0) is 19.3. The second-order valence-electron chi connectivity index (χ2n) is 5.63. The van der Waals surface area contributed by atoms with Crippen molar-refractivity contribution in [2.75, 3.05) is 0 Å².